The van der Waals surface area contributed by atoms with E-state index in [4.69, 9.17) is 0 Å². The van der Waals surface area contributed by atoms with Crippen molar-refractivity contribution in [2.45, 2.75) is 32.6 Å². The Balaban J connectivity index is 2.17. The fourth-order valence-corrected chi connectivity index (χ4v) is 2.94. The maximum atomic E-state index is 12.7. The molecule has 0 aliphatic heterocycles. The number of unbranched alkanes of at least 4 members (excludes halogenated alkanes) is 2. The molecule has 0 aliphatic rings. The first-order valence-electron chi connectivity index (χ1n) is 8.05. The van der Waals surface area contributed by atoms with Crippen LogP contribution in [-0.4, -0.2) is 17.1 Å². The number of ketones is 1. The van der Waals surface area contributed by atoms with Gasteiger partial charge in [-0.1, -0.05) is 38.0 Å². The third kappa shape index (κ3) is 3.00. The van der Waals surface area contributed by atoms with Crippen LogP contribution in [0.3, 0.4) is 0 Å². The molecule has 0 radical (unpaired) electrons. The van der Waals surface area contributed by atoms with Crippen molar-refractivity contribution in [2.24, 2.45) is 0 Å². The van der Waals surface area contributed by atoms with Crippen LogP contribution < -0.4 is 0 Å². The number of aldehydes is 1. The molecule has 0 aliphatic carbocycles. The molecule has 0 saturated heterocycles. The predicted molar refractivity (Wildman–Crippen MR) is 93.1 cm³/mol. The molecule has 0 bridgehead atoms. The van der Waals surface area contributed by atoms with Gasteiger partial charge in [0.05, 0.1) is 11.0 Å². The first kappa shape index (κ1) is 15.3. The molecule has 1 heterocycles. The van der Waals surface area contributed by atoms with E-state index in [0.29, 0.717) is 17.5 Å². The maximum absolute atomic E-state index is 12.7. The molecular weight excluding hydrogens is 286 g/mol. The quantitative estimate of drug-likeness (QED) is 0.280. The monoisotopic (exact) mass is 305 g/mol. The number of fused-ring (bicyclic) bond motifs is 2. The van der Waals surface area contributed by atoms with Gasteiger partial charge < -0.3 is 0 Å². The van der Waals surface area contributed by atoms with E-state index in [0.717, 1.165) is 47.4 Å². The molecule has 2 aromatic carbocycles. The summed E-state index contributed by atoms with van der Waals surface area (Å²) in [5, 5.41) is 1.75. The summed E-state index contributed by atoms with van der Waals surface area (Å²) < 4.78 is 0. The van der Waals surface area contributed by atoms with Crippen molar-refractivity contribution in [2.75, 3.05) is 0 Å². The zero-order valence-corrected chi connectivity index (χ0v) is 13.2. The number of nitrogens with zero attached hydrogens (tertiary/aromatic N) is 1. The molecular formula is C20H19NO2. The molecule has 0 fully saturated rings. The van der Waals surface area contributed by atoms with Crippen LogP contribution in [0.5, 0.6) is 0 Å². The summed E-state index contributed by atoms with van der Waals surface area (Å²) in [6.07, 6.45) is 4.18. The third-order valence-electron chi connectivity index (χ3n) is 4.15. The summed E-state index contributed by atoms with van der Waals surface area (Å²) in [5.41, 5.74) is 2.62. The summed E-state index contributed by atoms with van der Waals surface area (Å²) >= 11 is 0. The number of hydrogen-bond donors (Lipinski definition) is 0. The zero-order chi connectivity index (χ0) is 16.2. The van der Waals surface area contributed by atoms with Crippen molar-refractivity contribution in [1.82, 2.24) is 4.98 Å². The summed E-state index contributed by atoms with van der Waals surface area (Å²) in [6, 6.07) is 13.3. The normalized spacial score (nSPS) is 11.0. The lowest BCUT2D eigenvalue weighted by molar-refractivity contribution is 0.0974. The standard InChI is InChI=1S/C20H19NO2/c1-2-3-4-9-19(23)20-15(13-22)10-11-18-16(20)12-14-7-5-6-8-17(14)21-18/h5-8,10-13H,2-4,9H2,1H3. The van der Waals surface area contributed by atoms with E-state index in [1.54, 1.807) is 6.07 Å². The molecule has 23 heavy (non-hydrogen) atoms. The lowest BCUT2D eigenvalue weighted by Gasteiger charge is -2.10. The van der Waals surface area contributed by atoms with Gasteiger partial charge in [-0.3, -0.25) is 9.59 Å². The van der Waals surface area contributed by atoms with Crippen LogP contribution in [0.4, 0.5) is 0 Å². The number of benzene rings is 2. The van der Waals surface area contributed by atoms with E-state index >= 15 is 0 Å². The largest absolute Gasteiger partial charge is 0.298 e. The summed E-state index contributed by atoms with van der Waals surface area (Å²) in [6.45, 7) is 2.11. The lowest BCUT2D eigenvalue weighted by Crippen LogP contribution is -2.05. The predicted octanol–water partition coefficient (Wildman–Crippen LogP) is 4.96. The van der Waals surface area contributed by atoms with Crippen LogP contribution in [0.2, 0.25) is 0 Å². The Kier molecular flexibility index (Phi) is 4.47. The van der Waals surface area contributed by atoms with Crippen LogP contribution in [0.1, 0.15) is 53.3 Å². The molecule has 3 aromatic rings. The Labute approximate surface area is 135 Å². The molecule has 1 aromatic heterocycles. The smallest absolute Gasteiger partial charge is 0.164 e. The van der Waals surface area contributed by atoms with Gasteiger partial charge in [-0.25, -0.2) is 4.98 Å². The lowest BCUT2D eigenvalue weighted by atomic mass is 9.95. The molecule has 0 spiro atoms. The van der Waals surface area contributed by atoms with E-state index in [-0.39, 0.29) is 5.78 Å². The average Bonchev–Trinajstić information content (AvgIpc) is 2.59. The summed E-state index contributed by atoms with van der Waals surface area (Å²) in [7, 11) is 0. The Morgan fingerprint density at radius 2 is 1.91 bits per heavy atom. The zero-order valence-electron chi connectivity index (χ0n) is 13.2. The third-order valence-corrected chi connectivity index (χ3v) is 4.15. The van der Waals surface area contributed by atoms with Crippen molar-refractivity contribution in [3.8, 4) is 0 Å². The molecule has 116 valence electrons. The fourth-order valence-electron chi connectivity index (χ4n) is 2.94. The second-order valence-electron chi connectivity index (χ2n) is 5.78. The van der Waals surface area contributed by atoms with Crippen molar-refractivity contribution >= 4 is 33.9 Å². The Morgan fingerprint density at radius 3 is 2.70 bits per heavy atom. The highest BCUT2D eigenvalue weighted by Gasteiger charge is 2.16. The first-order valence-corrected chi connectivity index (χ1v) is 8.05. The number of aromatic nitrogens is 1. The van der Waals surface area contributed by atoms with Gasteiger partial charge in [0.15, 0.2) is 12.1 Å². The minimum absolute atomic E-state index is 0.0308. The first-order chi connectivity index (χ1) is 11.2. The van der Waals surface area contributed by atoms with E-state index in [2.05, 4.69) is 11.9 Å². The van der Waals surface area contributed by atoms with E-state index in [1.165, 1.54) is 0 Å². The van der Waals surface area contributed by atoms with Crippen molar-refractivity contribution in [3.05, 3.63) is 53.6 Å². The maximum Gasteiger partial charge on any atom is 0.164 e. The van der Waals surface area contributed by atoms with Crippen molar-refractivity contribution in [1.29, 1.82) is 0 Å². The number of pyridine rings is 1. The Morgan fingerprint density at radius 1 is 1.09 bits per heavy atom. The fraction of sp³-hybridized carbons (Fsp3) is 0.250. The highest BCUT2D eigenvalue weighted by Crippen LogP contribution is 2.26. The van der Waals surface area contributed by atoms with Crippen molar-refractivity contribution in [3.63, 3.8) is 0 Å². The highest BCUT2D eigenvalue weighted by atomic mass is 16.1. The second kappa shape index (κ2) is 6.69. The molecule has 3 heteroatoms. The number of carbonyl (C=O) groups is 2. The topological polar surface area (TPSA) is 47.0 Å². The molecule has 0 amide bonds. The molecule has 0 unspecified atom stereocenters. The molecule has 0 N–H and O–H groups in total. The van der Waals surface area contributed by atoms with Gasteiger partial charge >= 0.3 is 0 Å². The number of carbonyl (C=O) groups excluding carboxylic acids is 2. The minimum atomic E-state index is 0.0308. The molecule has 3 nitrogen and oxygen atoms in total. The van der Waals surface area contributed by atoms with Crippen LogP contribution in [0, 0.1) is 0 Å². The van der Waals surface area contributed by atoms with Crippen LogP contribution in [-0.2, 0) is 0 Å². The van der Waals surface area contributed by atoms with Gasteiger partial charge in [-0.15, -0.1) is 0 Å². The second-order valence-corrected chi connectivity index (χ2v) is 5.78. The van der Waals surface area contributed by atoms with Crippen molar-refractivity contribution < 1.29 is 9.59 Å². The molecule has 3 rings (SSSR count). The SMILES string of the molecule is CCCCCC(=O)c1c(C=O)ccc2nc3ccccc3cc12. The minimum Gasteiger partial charge on any atom is -0.298 e. The van der Waals surface area contributed by atoms with Gasteiger partial charge in [-0.2, -0.15) is 0 Å². The van der Waals surface area contributed by atoms with E-state index < -0.39 is 0 Å². The summed E-state index contributed by atoms with van der Waals surface area (Å²) in [5.74, 6) is 0.0308. The Bertz CT molecular complexity index is 883. The molecule has 0 atom stereocenters. The van der Waals surface area contributed by atoms with Gasteiger partial charge in [0.25, 0.3) is 0 Å². The van der Waals surface area contributed by atoms with Gasteiger partial charge in [0, 0.05) is 28.3 Å². The number of Topliss-reactive ketones (excluding diaryl/α,β-unsaturated/α-hetero) is 1. The molecule has 0 saturated carbocycles. The average molecular weight is 305 g/mol. The summed E-state index contributed by atoms with van der Waals surface area (Å²) in [4.78, 5) is 28.7. The van der Waals surface area contributed by atoms with Gasteiger partial charge in [0.1, 0.15) is 0 Å². The highest BCUT2D eigenvalue weighted by molar-refractivity contribution is 6.14. The van der Waals surface area contributed by atoms with Crippen LogP contribution >= 0.6 is 0 Å². The number of hydrogen-bond acceptors (Lipinski definition) is 3. The van der Waals surface area contributed by atoms with E-state index in [1.807, 2.05) is 36.4 Å². The number of para-hydroxylation sites is 1. The van der Waals surface area contributed by atoms with Gasteiger partial charge in [0.2, 0.25) is 0 Å². The van der Waals surface area contributed by atoms with Crippen LogP contribution in [0.15, 0.2) is 42.5 Å². The van der Waals surface area contributed by atoms with Gasteiger partial charge in [-0.05, 0) is 30.7 Å². The number of rotatable bonds is 6. The van der Waals surface area contributed by atoms with E-state index in [9.17, 15) is 9.59 Å². The van der Waals surface area contributed by atoms with Crippen LogP contribution in [0.25, 0.3) is 21.8 Å². The Hall–Kier alpha value is -2.55.